The lowest BCUT2D eigenvalue weighted by molar-refractivity contribution is -0.113. The first kappa shape index (κ1) is 23.2. The quantitative estimate of drug-likeness (QED) is 0.452. The summed E-state index contributed by atoms with van der Waals surface area (Å²) in [6.45, 7) is 1.92. The second-order valence-corrected chi connectivity index (χ2v) is 8.05. The highest BCUT2D eigenvalue weighted by Crippen LogP contribution is 2.32. The highest BCUT2D eigenvalue weighted by atomic mass is 32.2. The predicted molar refractivity (Wildman–Crippen MR) is 128 cm³/mol. The molecule has 166 valence electrons. The Kier molecular flexibility index (Phi) is 8.16. The maximum Gasteiger partial charge on any atom is 0.253 e. The summed E-state index contributed by atoms with van der Waals surface area (Å²) >= 11 is 1.37. The number of anilines is 1. The van der Waals surface area contributed by atoms with E-state index in [0.717, 1.165) is 10.5 Å². The zero-order valence-electron chi connectivity index (χ0n) is 18.3. The highest BCUT2D eigenvalue weighted by Gasteiger charge is 2.16. The topological polar surface area (TPSA) is 76.7 Å². The number of ether oxygens (including phenoxy) is 2. The molecule has 3 aromatic rings. The van der Waals surface area contributed by atoms with Crippen LogP contribution in [0.1, 0.15) is 28.9 Å². The van der Waals surface area contributed by atoms with Crippen molar-refractivity contribution in [1.29, 1.82) is 0 Å². The van der Waals surface area contributed by atoms with Gasteiger partial charge in [0.1, 0.15) is 0 Å². The van der Waals surface area contributed by atoms with Gasteiger partial charge in [0.15, 0.2) is 11.5 Å². The Balaban J connectivity index is 1.63. The lowest BCUT2D eigenvalue weighted by atomic mass is 10.1. The first-order valence-electron chi connectivity index (χ1n) is 10.1. The van der Waals surface area contributed by atoms with Crippen molar-refractivity contribution in [1.82, 2.24) is 5.32 Å². The van der Waals surface area contributed by atoms with Gasteiger partial charge in [0, 0.05) is 4.90 Å². The second-order valence-electron chi connectivity index (χ2n) is 7.01. The zero-order valence-corrected chi connectivity index (χ0v) is 19.1. The van der Waals surface area contributed by atoms with Crippen LogP contribution in [0.2, 0.25) is 0 Å². The second kappa shape index (κ2) is 11.2. The van der Waals surface area contributed by atoms with E-state index in [1.165, 1.54) is 11.8 Å². The maximum atomic E-state index is 12.8. The van der Waals surface area contributed by atoms with Gasteiger partial charge >= 0.3 is 0 Å². The first-order valence-corrected chi connectivity index (χ1v) is 11.1. The summed E-state index contributed by atoms with van der Waals surface area (Å²) in [5, 5.41) is 5.84. The lowest BCUT2D eigenvalue weighted by Crippen LogP contribution is -2.28. The number of nitrogens with one attached hydrogen (secondary N) is 2. The standard InChI is InChI=1S/C25H26N2O4S/c1-17(18-9-5-4-6-10-18)26-25(29)20-11-7-8-12-21(20)27-24(28)16-32-19-13-14-22(30-2)23(15-19)31-3/h4-15,17H,16H2,1-3H3,(H,26,29)(H,27,28)/t17-/m1/s1. The van der Waals surface area contributed by atoms with Gasteiger partial charge in [-0.05, 0) is 42.8 Å². The summed E-state index contributed by atoms with van der Waals surface area (Å²) in [5.74, 6) is 0.968. The molecule has 1 atom stereocenters. The van der Waals surface area contributed by atoms with Crippen molar-refractivity contribution < 1.29 is 19.1 Å². The molecule has 0 aliphatic heterocycles. The van der Waals surface area contributed by atoms with Crippen molar-refractivity contribution in [2.75, 3.05) is 25.3 Å². The third kappa shape index (κ3) is 6.04. The number of carbonyl (C=O) groups excluding carboxylic acids is 2. The molecule has 2 N–H and O–H groups in total. The molecule has 0 aliphatic carbocycles. The Hall–Kier alpha value is -3.45. The van der Waals surface area contributed by atoms with Crippen molar-refractivity contribution in [2.45, 2.75) is 17.9 Å². The largest absolute Gasteiger partial charge is 0.493 e. The fourth-order valence-electron chi connectivity index (χ4n) is 3.13. The SMILES string of the molecule is COc1ccc(SCC(=O)Nc2ccccc2C(=O)N[C@H](C)c2ccccc2)cc1OC. The van der Waals surface area contributed by atoms with E-state index in [1.54, 1.807) is 44.6 Å². The molecule has 0 heterocycles. The molecule has 0 fully saturated rings. The van der Waals surface area contributed by atoms with Crippen LogP contribution >= 0.6 is 11.8 Å². The molecule has 0 spiro atoms. The number of carbonyl (C=O) groups is 2. The Bertz CT molecular complexity index is 1070. The summed E-state index contributed by atoms with van der Waals surface area (Å²) in [6.07, 6.45) is 0. The number of thioether (sulfide) groups is 1. The van der Waals surface area contributed by atoms with Gasteiger partial charge in [-0.15, -0.1) is 11.8 Å². The van der Waals surface area contributed by atoms with E-state index in [0.29, 0.717) is 22.7 Å². The lowest BCUT2D eigenvalue weighted by Gasteiger charge is -2.16. The number of rotatable bonds is 9. The first-order chi connectivity index (χ1) is 15.5. The summed E-state index contributed by atoms with van der Waals surface area (Å²) in [5.41, 5.74) is 1.90. The van der Waals surface area contributed by atoms with E-state index in [1.807, 2.05) is 49.4 Å². The van der Waals surface area contributed by atoms with Crippen molar-refractivity contribution in [3.63, 3.8) is 0 Å². The molecular formula is C25H26N2O4S. The van der Waals surface area contributed by atoms with Crippen LogP contribution in [0.25, 0.3) is 0 Å². The molecule has 0 saturated carbocycles. The van der Waals surface area contributed by atoms with E-state index in [9.17, 15) is 9.59 Å². The predicted octanol–water partition coefficient (Wildman–Crippen LogP) is 4.93. The molecule has 7 heteroatoms. The van der Waals surface area contributed by atoms with Crippen LogP contribution in [0.5, 0.6) is 11.5 Å². The Morgan fingerprint density at radius 3 is 2.31 bits per heavy atom. The molecule has 3 aromatic carbocycles. The molecule has 0 aromatic heterocycles. The van der Waals surface area contributed by atoms with Crippen LogP contribution in [-0.4, -0.2) is 31.8 Å². The number of methoxy groups -OCH3 is 2. The number of hydrogen-bond acceptors (Lipinski definition) is 5. The third-order valence-electron chi connectivity index (χ3n) is 4.82. The number of hydrogen-bond donors (Lipinski definition) is 2. The number of benzene rings is 3. The maximum absolute atomic E-state index is 12.8. The van der Waals surface area contributed by atoms with Crippen molar-refractivity contribution >= 4 is 29.3 Å². The van der Waals surface area contributed by atoms with E-state index >= 15 is 0 Å². The summed E-state index contributed by atoms with van der Waals surface area (Å²) in [7, 11) is 3.14. The van der Waals surface area contributed by atoms with Gasteiger partial charge in [0.25, 0.3) is 5.91 Å². The van der Waals surface area contributed by atoms with E-state index < -0.39 is 0 Å². The van der Waals surface area contributed by atoms with Crippen molar-refractivity contribution in [3.05, 3.63) is 83.9 Å². The van der Waals surface area contributed by atoms with Crippen LogP contribution in [0, 0.1) is 0 Å². The fourth-order valence-corrected chi connectivity index (χ4v) is 3.86. The zero-order chi connectivity index (χ0) is 22.9. The summed E-state index contributed by atoms with van der Waals surface area (Å²) in [6, 6.07) is 22.0. The summed E-state index contributed by atoms with van der Waals surface area (Å²) < 4.78 is 10.5. The number of para-hydroxylation sites is 1. The summed E-state index contributed by atoms with van der Waals surface area (Å²) in [4.78, 5) is 26.3. The molecule has 2 amide bonds. The smallest absolute Gasteiger partial charge is 0.253 e. The highest BCUT2D eigenvalue weighted by molar-refractivity contribution is 8.00. The average Bonchev–Trinajstić information content (AvgIpc) is 2.83. The molecule has 0 radical (unpaired) electrons. The minimum Gasteiger partial charge on any atom is -0.493 e. The molecule has 0 aliphatic rings. The normalized spacial score (nSPS) is 11.3. The Morgan fingerprint density at radius 2 is 1.59 bits per heavy atom. The van der Waals surface area contributed by atoms with Gasteiger partial charge in [-0.1, -0.05) is 42.5 Å². The third-order valence-corrected chi connectivity index (χ3v) is 5.81. The monoisotopic (exact) mass is 450 g/mol. The van der Waals surface area contributed by atoms with E-state index in [4.69, 9.17) is 9.47 Å². The van der Waals surface area contributed by atoms with Gasteiger partial charge in [0.05, 0.1) is 37.3 Å². The van der Waals surface area contributed by atoms with E-state index in [-0.39, 0.29) is 23.6 Å². The molecule has 0 saturated heterocycles. The molecular weight excluding hydrogens is 424 g/mol. The van der Waals surface area contributed by atoms with E-state index in [2.05, 4.69) is 10.6 Å². The van der Waals surface area contributed by atoms with Gasteiger partial charge in [-0.3, -0.25) is 9.59 Å². The van der Waals surface area contributed by atoms with Crippen LogP contribution < -0.4 is 20.1 Å². The van der Waals surface area contributed by atoms with Gasteiger partial charge in [0.2, 0.25) is 5.91 Å². The van der Waals surface area contributed by atoms with Gasteiger partial charge in [-0.2, -0.15) is 0 Å². The van der Waals surface area contributed by atoms with Gasteiger partial charge < -0.3 is 20.1 Å². The molecule has 32 heavy (non-hydrogen) atoms. The van der Waals surface area contributed by atoms with Crippen molar-refractivity contribution in [2.24, 2.45) is 0 Å². The van der Waals surface area contributed by atoms with Crippen LogP contribution in [-0.2, 0) is 4.79 Å². The minimum atomic E-state index is -0.246. The van der Waals surface area contributed by atoms with Crippen LogP contribution in [0.15, 0.2) is 77.7 Å². The Morgan fingerprint density at radius 1 is 0.906 bits per heavy atom. The average molecular weight is 451 g/mol. The molecule has 0 bridgehead atoms. The van der Waals surface area contributed by atoms with Gasteiger partial charge in [-0.25, -0.2) is 0 Å². The molecule has 3 rings (SSSR count). The Labute approximate surface area is 192 Å². The fraction of sp³-hybridized carbons (Fsp3) is 0.200. The molecule has 6 nitrogen and oxygen atoms in total. The minimum absolute atomic E-state index is 0.159. The number of amides is 2. The van der Waals surface area contributed by atoms with Crippen LogP contribution in [0.3, 0.4) is 0 Å². The van der Waals surface area contributed by atoms with Crippen molar-refractivity contribution in [3.8, 4) is 11.5 Å². The van der Waals surface area contributed by atoms with Crippen LogP contribution in [0.4, 0.5) is 5.69 Å². The molecule has 0 unspecified atom stereocenters.